The van der Waals surface area contributed by atoms with Crippen molar-refractivity contribution < 1.29 is 9.53 Å². The molecule has 1 heterocycles. The zero-order valence-electron chi connectivity index (χ0n) is 13.7. The normalized spacial score (nSPS) is 12.2. The Kier molecular flexibility index (Phi) is 4.79. The van der Waals surface area contributed by atoms with Crippen molar-refractivity contribution in [1.29, 1.82) is 0 Å². The van der Waals surface area contributed by atoms with Crippen LogP contribution in [-0.2, 0) is 4.74 Å². The molecule has 0 saturated heterocycles. The summed E-state index contributed by atoms with van der Waals surface area (Å²) in [6.45, 7) is 14.3. The third-order valence-corrected chi connectivity index (χ3v) is 2.40. The van der Waals surface area contributed by atoms with Gasteiger partial charge >= 0.3 is 6.09 Å². The molecule has 20 heavy (non-hydrogen) atoms. The number of ether oxygens (including phenoxy) is 1. The van der Waals surface area contributed by atoms with Crippen LogP contribution in [0, 0.1) is 12.3 Å². The summed E-state index contributed by atoms with van der Waals surface area (Å²) >= 11 is 0. The van der Waals surface area contributed by atoms with Crippen molar-refractivity contribution in [2.75, 3.05) is 11.4 Å². The molecule has 0 atom stereocenters. The van der Waals surface area contributed by atoms with Gasteiger partial charge < -0.3 is 4.74 Å². The SMILES string of the molecule is Cc1cccc(N(CC(C)(C)C)C(=O)OC(C)(C)C)n1. The second-order valence-electron chi connectivity index (χ2n) is 7.26. The number of anilines is 1. The maximum atomic E-state index is 12.4. The lowest BCUT2D eigenvalue weighted by molar-refractivity contribution is 0.0567. The van der Waals surface area contributed by atoms with Crippen LogP contribution in [0.4, 0.5) is 10.6 Å². The fraction of sp³-hybridized carbons (Fsp3) is 0.625. The predicted octanol–water partition coefficient (Wildman–Crippen LogP) is 4.18. The van der Waals surface area contributed by atoms with Gasteiger partial charge in [-0.3, -0.25) is 4.90 Å². The number of aryl methyl sites for hydroxylation is 1. The lowest BCUT2D eigenvalue weighted by atomic mass is 9.96. The Morgan fingerprint density at radius 1 is 1.20 bits per heavy atom. The summed E-state index contributed by atoms with van der Waals surface area (Å²) in [6, 6.07) is 5.65. The number of rotatable bonds is 2. The maximum Gasteiger partial charge on any atom is 0.416 e. The molecule has 0 aliphatic heterocycles. The fourth-order valence-corrected chi connectivity index (χ4v) is 1.71. The molecule has 0 N–H and O–H groups in total. The molecule has 0 radical (unpaired) electrons. The van der Waals surface area contributed by atoms with E-state index < -0.39 is 5.60 Å². The van der Waals surface area contributed by atoms with Crippen molar-refractivity contribution in [1.82, 2.24) is 4.98 Å². The van der Waals surface area contributed by atoms with Crippen LogP contribution < -0.4 is 4.90 Å². The lowest BCUT2D eigenvalue weighted by Gasteiger charge is -2.31. The third kappa shape index (κ3) is 5.59. The van der Waals surface area contributed by atoms with Gasteiger partial charge in [-0.05, 0) is 45.2 Å². The molecule has 1 rings (SSSR count). The van der Waals surface area contributed by atoms with E-state index in [1.165, 1.54) is 0 Å². The molecule has 4 nitrogen and oxygen atoms in total. The second kappa shape index (κ2) is 5.81. The summed E-state index contributed by atoms with van der Waals surface area (Å²) < 4.78 is 5.49. The molecule has 1 aromatic heterocycles. The van der Waals surface area contributed by atoms with Crippen molar-refractivity contribution in [3.63, 3.8) is 0 Å². The molecule has 0 aliphatic carbocycles. The van der Waals surface area contributed by atoms with Gasteiger partial charge in [-0.2, -0.15) is 0 Å². The van der Waals surface area contributed by atoms with E-state index in [-0.39, 0.29) is 11.5 Å². The van der Waals surface area contributed by atoms with Gasteiger partial charge in [0.15, 0.2) is 0 Å². The monoisotopic (exact) mass is 278 g/mol. The van der Waals surface area contributed by atoms with Crippen molar-refractivity contribution in [2.45, 2.75) is 54.1 Å². The van der Waals surface area contributed by atoms with E-state index in [1.807, 2.05) is 45.9 Å². The first-order valence-corrected chi connectivity index (χ1v) is 6.92. The molecule has 0 bridgehead atoms. The number of carbonyl (C=O) groups excluding carboxylic acids is 1. The molecule has 4 heteroatoms. The summed E-state index contributed by atoms with van der Waals surface area (Å²) in [7, 11) is 0. The Morgan fingerprint density at radius 2 is 1.80 bits per heavy atom. The zero-order chi connectivity index (χ0) is 15.6. The molecule has 0 unspecified atom stereocenters. The van der Waals surface area contributed by atoms with Gasteiger partial charge in [0.2, 0.25) is 0 Å². The highest BCUT2D eigenvalue weighted by atomic mass is 16.6. The summed E-state index contributed by atoms with van der Waals surface area (Å²) in [5.41, 5.74) is 0.323. The highest BCUT2D eigenvalue weighted by Crippen LogP contribution is 2.22. The standard InChI is InChI=1S/C16H26N2O2/c1-12-9-8-10-13(17-12)18(11-15(2,3)4)14(19)20-16(5,6)7/h8-10H,11H2,1-7H3. The highest BCUT2D eigenvalue weighted by Gasteiger charge is 2.27. The molecular formula is C16H26N2O2. The van der Waals surface area contributed by atoms with E-state index in [4.69, 9.17) is 4.74 Å². The summed E-state index contributed by atoms with van der Waals surface area (Å²) in [4.78, 5) is 18.5. The number of amides is 1. The van der Waals surface area contributed by atoms with E-state index in [0.29, 0.717) is 12.4 Å². The van der Waals surface area contributed by atoms with E-state index in [2.05, 4.69) is 25.8 Å². The van der Waals surface area contributed by atoms with Gasteiger partial charge in [0.1, 0.15) is 11.4 Å². The Labute approximate surface area is 122 Å². The van der Waals surface area contributed by atoms with Crippen molar-refractivity contribution >= 4 is 11.9 Å². The Bertz CT molecular complexity index is 470. The predicted molar refractivity (Wildman–Crippen MR) is 82.0 cm³/mol. The van der Waals surface area contributed by atoms with Crippen LogP contribution >= 0.6 is 0 Å². The number of pyridine rings is 1. The van der Waals surface area contributed by atoms with E-state index >= 15 is 0 Å². The molecule has 0 aliphatic rings. The molecule has 0 saturated carbocycles. The van der Waals surface area contributed by atoms with Crippen LogP contribution in [0.5, 0.6) is 0 Å². The van der Waals surface area contributed by atoms with Gasteiger partial charge in [-0.25, -0.2) is 9.78 Å². The van der Waals surface area contributed by atoms with Gasteiger partial charge in [-0.15, -0.1) is 0 Å². The average Bonchev–Trinajstić information content (AvgIpc) is 2.22. The van der Waals surface area contributed by atoms with Crippen molar-refractivity contribution in [2.24, 2.45) is 5.41 Å². The summed E-state index contributed by atoms with van der Waals surface area (Å²) in [5, 5.41) is 0. The minimum absolute atomic E-state index is 0.0394. The first-order valence-electron chi connectivity index (χ1n) is 6.92. The van der Waals surface area contributed by atoms with Crippen LogP contribution in [0.2, 0.25) is 0 Å². The first-order chi connectivity index (χ1) is 8.98. The van der Waals surface area contributed by atoms with Gasteiger partial charge in [0.05, 0.1) is 0 Å². The molecule has 1 amide bonds. The van der Waals surface area contributed by atoms with Gasteiger partial charge in [0, 0.05) is 12.2 Å². The minimum Gasteiger partial charge on any atom is -0.443 e. The number of hydrogen-bond donors (Lipinski definition) is 0. The molecule has 112 valence electrons. The van der Waals surface area contributed by atoms with Crippen molar-refractivity contribution in [3.05, 3.63) is 23.9 Å². The van der Waals surface area contributed by atoms with E-state index in [0.717, 1.165) is 5.69 Å². The molecule has 0 spiro atoms. The largest absolute Gasteiger partial charge is 0.443 e. The topological polar surface area (TPSA) is 42.4 Å². The number of aromatic nitrogens is 1. The molecule has 0 aromatic carbocycles. The van der Waals surface area contributed by atoms with Crippen LogP contribution in [0.1, 0.15) is 47.2 Å². The summed E-state index contributed by atoms with van der Waals surface area (Å²) in [5.74, 6) is 0.633. The van der Waals surface area contributed by atoms with Crippen LogP contribution in [0.25, 0.3) is 0 Å². The molecule has 1 aromatic rings. The second-order valence-corrected chi connectivity index (χ2v) is 7.26. The molecular weight excluding hydrogens is 252 g/mol. The average molecular weight is 278 g/mol. The Hall–Kier alpha value is -1.58. The quantitative estimate of drug-likeness (QED) is 0.815. The Morgan fingerprint density at radius 3 is 2.25 bits per heavy atom. The fourth-order valence-electron chi connectivity index (χ4n) is 1.71. The number of hydrogen-bond acceptors (Lipinski definition) is 3. The van der Waals surface area contributed by atoms with Crippen molar-refractivity contribution in [3.8, 4) is 0 Å². The maximum absolute atomic E-state index is 12.4. The van der Waals surface area contributed by atoms with Crippen LogP contribution in [0.3, 0.4) is 0 Å². The Balaban J connectivity index is 3.06. The smallest absolute Gasteiger partial charge is 0.416 e. The van der Waals surface area contributed by atoms with E-state index in [9.17, 15) is 4.79 Å². The minimum atomic E-state index is -0.517. The lowest BCUT2D eigenvalue weighted by Crippen LogP contribution is -2.41. The first kappa shape index (κ1) is 16.5. The number of nitrogens with zero attached hydrogens (tertiary/aromatic N) is 2. The van der Waals surface area contributed by atoms with Crippen LogP contribution in [-0.4, -0.2) is 23.2 Å². The van der Waals surface area contributed by atoms with Gasteiger partial charge in [-0.1, -0.05) is 26.8 Å². The van der Waals surface area contributed by atoms with Crippen LogP contribution in [0.15, 0.2) is 18.2 Å². The zero-order valence-corrected chi connectivity index (χ0v) is 13.7. The highest BCUT2D eigenvalue weighted by molar-refractivity contribution is 5.86. The van der Waals surface area contributed by atoms with Gasteiger partial charge in [0.25, 0.3) is 0 Å². The summed E-state index contributed by atoms with van der Waals surface area (Å²) in [6.07, 6.45) is -0.356. The number of carbonyl (C=O) groups is 1. The van der Waals surface area contributed by atoms with E-state index in [1.54, 1.807) is 4.90 Å². The molecule has 0 fully saturated rings. The third-order valence-electron chi connectivity index (χ3n) is 2.40.